The number of aromatic nitrogens is 3. The second-order valence-electron chi connectivity index (χ2n) is 7.12. The molecule has 0 bridgehead atoms. The van der Waals surface area contributed by atoms with Crippen molar-refractivity contribution in [3.05, 3.63) is 72.3 Å². The van der Waals surface area contributed by atoms with E-state index in [2.05, 4.69) is 16.5 Å². The largest absolute Gasteiger partial charge is 0.458 e. The monoisotopic (exact) mass is 451 g/mol. The van der Waals surface area contributed by atoms with Crippen LogP contribution in [0.3, 0.4) is 0 Å². The quantitative estimate of drug-likeness (QED) is 0.324. The Morgan fingerprint density at radius 2 is 1.75 bits per heavy atom. The number of aryl methyl sites for hydroxylation is 2. The molecule has 0 saturated carbocycles. The molecule has 0 aliphatic carbocycles. The number of para-hydroxylation sites is 2. The molecule has 2 heterocycles. The van der Waals surface area contributed by atoms with Gasteiger partial charge in [-0.2, -0.15) is 0 Å². The standard InChI is InChI=1S/C22H21N5O4S/c1-2-13-31-22(28)18-19-21(26-17-6-4-3-5-16(17)25-19)27(20(18)23)12-11-14-7-9-15(10-8-14)32(24,29)30/h2-10H,1,11-13,23H2,(H2,24,29,30). The Morgan fingerprint density at radius 3 is 2.38 bits per heavy atom. The molecule has 0 aliphatic rings. The number of nitrogens with two attached hydrogens (primary N) is 2. The van der Waals surface area contributed by atoms with Gasteiger partial charge in [0, 0.05) is 6.54 Å². The summed E-state index contributed by atoms with van der Waals surface area (Å²) in [5, 5.41) is 5.15. The summed E-state index contributed by atoms with van der Waals surface area (Å²) in [6, 6.07) is 13.6. The lowest BCUT2D eigenvalue weighted by Crippen LogP contribution is -2.12. The Kier molecular flexibility index (Phi) is 5.64. The minimum Gasteiger partial charge on any atom is -0.458 e. The predicted molar refractivity (Wildman–Crippen MR) is 121 cm³/mol. The summed E-state index contributed by atoms with van der Waals surface area (Å²) in [5.41, 5.74) is 9.51. The number of esters is 1. The van der Waals surface area contributed by atoms with Gasteiger partial charge in [-0.3, -0.25) is 0 Å². The molecule has 2 aromatic heterocycles. The van der Waals surface area contributed by atoms with Crippen molar-refractivity contribution in [3.8, 4) is 0 Å². The summed E-state index contributed by atoms with van der Waals surface area (Å²) in [7, 11) is -3.76. The van der Waals surface area contributed by atoms with Crippen LogP contribution in [0, 0.1) is 0 Å². The van der Waals surface area contributed by atoms with Crippen LogP contribution >= 0.6 is 0 Å². The molecule has 0 atom stereocenters. The van der Waals surface area contributed by atoms with Gasteiger partial charge in [-0.1, -0.05) is 36.9 Å². The molecule has 2 aromatic carbocycles. The molecule has 4 rings (SSSR count). The van der Waals surface area contributed by atoms with Crippen LogP contribution in [0.2, 0.25) is 0 Å². The van der Waals surface area contributed by atoms with Crippen molar-refractivity contribution in [1.29, 1.82) is 0 Å². The van der Waals surface area contributed by atoms with Crippen LogP contribution in [0.5, 0.6) is 0 Å². The summed E-state index contributed by atoms with van der Waals surface area (Å²) in [5.74, 6) is -0.404. The molecule has 0 saturated heterocycles. The summed E-state index contributed by atoms with van der Waals surface area (Å²) >= 11 is 0. The van der Waals surface area contributed by atoms with Gasteiger partial charge in [0.15, 0.2) is 5.65 Å². The molecule has 4 aromatic rings. The van der Waals surface area contributed by atoms with E-state index in [4.69, 9.17) is 15.6 Å². The molecule has 32 heavy (non-hydrogen) atoms. The first-order valence-electron chi connectivity index (χ1n) is 9.74. The third kappa shape index (κ3) is 4.05. The number of carbonyl (C=O) groups is 1. The number of anilines is 1. The van der Waals surface area contributed by atoms with Crippen molar-refractivity contribution in [1.82, 2.24) is 14.5 Å². The molecule has 0 unspecified atom stereocenters. The van der Waals surface area contributed by atoms with Gasteiger partial charge in [0.25, 0.3) is 0 Å². The zero-order valence-corrected chi connectivity index (χ0v) is 17.9. The number of carbonyl (C=O) groups excluding carboxylic acids is 1. The average molecular weight is 452 g/mol. The number of hydrogen-bond donors (Lipinski definition) is 2. The van der Waals surface area contributed by atoms with E-state index in [-0.39, 0.29) is 22.9 Å². The highest BCUT2D eigenvalue weighted by atomic mass is 32.2. The fraction of sp³-hybridized carbons (Fsp3) is 0.136. The van der Waals surface area contributed by atoms with Gasteiger partial charge < -0.3 is 15.0 Å². The number of nitrogen functional groups attached to an aromatic ring is 1. The Labute approximate surface area is 184 Å². The first-order valence-corrected chi connectivity index (χ1v) is 11.3. The fourth-order valence-electron chi connectivity index (χ4n) is 3.44. The zero-order valence-electron chi connectivity index (χ0n) is 17.1. The lowest BCUT2D eigenvalue weighted by Gasteiger charge is -2.09. The van der Waals surface area contributed by atoms with Crippen LogP contribution in [0.1, 0.15) is 15.9 Å². The van der Waals surface area contributed by atoms with Crippen LogP contribution < -0.4 is 10.9 Å². The molecule has 0 fully saturated rings. The summed E-state index contributed by atoms with van der Waals surface area (Å²) in [4.78, 5) is 22.0. The molecule has 9 nitrogen and oxygen atoms in total. The molecule has 164 valence electrons. The number of benzene rings is 2. The molecule has 0 spiro atoms. The van der Waals surface area contributed by atoms with Gasteiger partial charge >= 0.3 is 5.97 Å². The molecule has 0 aliphatic heterocycles. The predicted octanol–water partition coefficient (Wildman–Crippen LogP) is 2.40. The minimum atomic E-state index is -3.76. The first-order chi connectivity index (χ1) is 15.3. The van der Waals surface area contributed by atoms with Crippen molar-refractivity contribution in [2.75, 3.05) is 12.3 Å². The van der Waals surface area contributed by atoms with E-state index in [0.717, 1.165) is 5.56 Å². The van der Waals surface area contributed by atoms with Crippen LogP contribution in [-0.4, -0.2) is 35.5 Å². The smallest absolute Gasteiger partial charge is 0.344 e. The van der Waals surface area contributed by atoms with Gasteiger partial charge in [0.1, 0.15) is 23.5 Å². The number of primary sulfonamides is 1. The van der Waals surface area contributed by atoms with Gasteiger partial charge in [0.2, 0.25) is 10.0 Å². The molecule has 0 radical (unpaired) electrons. The topological polar surface area (TPSA) is 143 Å². The highest BCUT2D eigenvalue weighted by Crippen LogP contribution is 2.29. The van der Waals surface area contributed by atoms with Crippen molar-refractivity contribution in [2.45, 2.75) is 17.9 Å². The van der Waals surface area contributed by atoms with Gasteiger partial charge in [0.05, 0.1) is 15.9 Å². The number of rotatable bonds is 7. The van der Waals surface area contributed by atoms with Crippen molar-refractivity contribution in [2.24, 2.45) is 5.14 Å². The average Bonchev–Trinajstić information content (AvgIpc) is 3.04. The van der Waals surface area contributed by atoms with E-state index in [9.17, 15) is 13.2 Å². The third-order valence-corrected chi connectivity index (χ3v) is 5.93. The molecule has 0 amide bonds. The first kappa shape index (κ1) is 21.5. The number of sulfonamides is 1. The maximum absolute atomic E-state index is 12.7. The Bertz CT molecular complexity index is 1440. The highest BCUT2D eigenvalue weighted by molar-refractivity contribution is 7.89. The summed E-state index contributed by atoms with van der Waals surface area (Å²) in [6.07, 6.45) is 1.98. The highest BCUT2D eigenvalue weighted by Gasteiger charge is 2.25. The van der Waals surface area contributed by atoms with Crippen LogP contribution in [0.25, 0.3) is 22.2 Å². The molecular weight excluding hydrogens is 430 g/mol. The van der Waals surface area contributed by atoms with Crippen molar-refractivity contribution in [3.63, 3.8) is 0 Å². The van der Waals surface area contributed by atoms with E-state index in [0.29, 0.717) is 35.2 Å². The second-order valence-corrected chi connectivity index (χ2v) is 8.68. The molecule has 10 heteroatoms. The van der Waals surface area contributed by atoms with E-state index < -0.39 is 16.0 Å². The maximum atomic E-state index is 12.7. The molecule has 4 N–H and O–H groups in total. The number of ether oxygens (including phenoxy) is 1. The Balaban J connectivity index is 1.76. The van der Waals surface area contributed by atoms with E-state index >= 15 is 0 Å². The Morgan fingerprint density at radius 1 is 1.09 bits per heavy atom. The lowest BCUT2D eigenvalue weighted by atomic mass is 10.1. The zero-order chi connectivity index (χ0) is 22.9. The number of hydrogen-bond acceptors (Lipinski definition) is 7. The number of fused-ring (bicyclic) bond motifs is 2. The molecular formula is C22H21N5O4S. The second kappa shape index (κ2) is 8.40. The van der Waals surface area contributed by atoms with E-state index in [1.54, 1.807) is 22.8 Å². The lowest BCUT2D eigenvalue weighted by molar-refractivity contribution is 0.0553. The van der Waals surface area contributed by atoms with Crippen LogP contribution in [-0.2, 0) is 27.7 Å². The minimum absolute atomic E-state index is 0.0387. The van der Waals surface area contributed by atoms with Crippen LogP contribution in [0.4, 0.5) is 5.82 Å². The van der Waals surface area contributed by atoms with E-state index in [1.807, 2.05) is 18.2 Å². The van der Waals surface area contributed by atoms with E-state index in [1.165, 1.54) is 18.2 Å². The van der Waals surface area contributed by atoms with Crippen LogP contribution in [0.15, 0.2) is 66.1 Å². The van der Waals surface area contributed by atoms with Crippen molar-refractivity contribution < 1.29 is 17.9 Å². The number of nitrogens with zero attached hydrogens (tertiary/aromatic N) is 3. The third-order valence-electron chi connectivity index (χ3n) is 5.00. The van der Waals surface area contributed by atoms with Gasteiger partial charge in [-0.05, 0) is 36.2 Å². The van der Waals surface area contributed by atoms with Crippen molar-refractivity contribution >= 4 is 44.0 Å². The SMILES string of the molecule is C=CCOC(=O)c1c(N)n(CCc2ccc(S(N)(=O)=O)cc2)c2nc3ccccc3nc12. The van der Waals surface area contributed by atoms with Gasteiger partial charge in [-0.25, -0.2) is 28.3 Å². The summed E-state index contributed by atoms with van der Waals surface area (Å²) in [6.45, 7) is 3.99. The summed E-state index contributed by atoms with van der Waals surface area (Å²) < 4.78 is 29.8. The normalized spacial score (nSPS) is 11.7. The maximum Gasteiger partial charge on any atom is 0.344 e. The Hall–Kier alpha value is -3.76. The fourth-order valence-corrected chi connectivity index (χ4v) is 3.95. The van der Waals surface area contributed by atoms with Gasteiger partial charge in [-0.15, -0.1) is 0 Å².